The Labute approximate surface area is 147 Å². The number of aromatic nitrogens is 3. The Hall–Kier alpha value is -2.17. The largest absolute Gasteiger partial charge is 0.393 e. The number of anilines is 1. The third kappa shape index (κ3) is 3.91. The Balaban J connectivity index is 1.95. The summed E-state index contributed by atoms with van der Waals surface area (Å²) in [6.45, 7) is 2.58. The summed E-state index contributed by atoms with van der Waals surface area (Å²) >= 11 is 0. The van der Waals surface area contributed by atoms with Crippen LogP contribution in [0.15, 0.2) is 12.3 Å². The second-order valence-electron chi connectivity index (χ2n) is 6.81. The number of rotatable bonds is 6. The molecule has 2 aromatic rings. The third-order valence-corrected chi connectivity index (χ3v) is 4.80. The Morgan fingerprint density at radius 1 is 1.44 bits per heavy atom. The first-order valence-corrected chi connectivity index (χ1v) is 8.80. The fraction of sp³-hybridized carbons (Fsp3) is 0.611. The van der Waals surface area contributed by atoms with E-state index in [-0.39, 0.29) is 12.1 Å². The van der Waals surface area contributed by atoms with Gasteiger partial charge in [-0.3, -0.25) is 0 Å². The minimum absolute atomic E-state index is 0.102. The van der Waals surface area contributed by atoms with E-state index in [1.807, 2.05) is 11.4 Å². The molecule has 0 amide bonds. The molecule has 1 atom stereocenters. The van der Waals surface area contributed by atoms with Crippen molar-refractivity contribution in [2.45, 2.75) is 57.1 Å². The highest BCUT2D eigenvalue weighted by atomic mass is 16.5. The van der Waals surface area contributed by atoms with E-state index < -0.39 is 0 Å². The number of nitrogens with zero attached hydrogens (tertiary/aromatic N) is 4. The summed E-state index contributed by atoms with van der Waals surface area (Å²) in [7, 11) is 1.66. The number of hydrogen-bond acceptors (Lipinski definition) is 6. The van der Waals surface area contributed by atoms with Crippen molar-refractivity contribution in [3.05, 3.63) is 23.5 Å². The monoisotopic (exact) mass is 343 g/mol. The Morgan fingerprint density at radius 2 is 2.20 bits per heavy atom. The van der Waals surface area contributed by atoms with E-state index in [2.05, 4.69) is 27.5 Å². The minimum Gasteiger partial charge on any atom is -0.393 e. The summed E-state index contributed by atoms with van der Waals surface area (Å²) in [4.78, 5) is 4.39. The summed E-state index contributed by atoms with van der Waals surface area (Å²) in [5, 5.41) is 26.8. The number of nitrogens with one attached hydrogen (secondary N) is 1. The predicted molar refractivity (Wildman–Crippen MR) is 94.5 cm³/mol. The van der Waals surface area contributed by atoms with Crippen molar-refractivity contribution in [2.24, 2.45) is 0 Å². The second kappa shape index (κ2) is 7.81. The van der Waals surface area contributed by atoms with Crippen LogP contribution in [0, 0.1) is 11.3 Å². The van der Waals surface area contributed by atoms with Crippen LogP contribution in [0.25, 0.3) is 5.52 Å². The normalized spacial score (nSPS) is 21.8. The first-order valence-electron chi connectivity index (χ1n) is 8.80. The number of ether oxygens (including phenoxy) is 1. The number of nitriles is 1. The van der Waals surface area contributed by atoms with Crippen LogP contribution in [0.1, 0.15) is 49.8 Å². The molecule has 0 saturated heterocycles. The van der Waals surface area contributed by atoms with E-state index in [0.29, 0.717) is 24.9 Å². The average molecular weight is 343 g/mol. The van der Waals surface area contributed by atoms with Gasteiger partial charge in [0.1, 0.15) is 0 Å². The number of aliphatic hydroxyl groups is 1. The number of aliphatic hydroxyl groups excluding tert-OH is 1. The molecule has 7 heteroatoms. The van der Waals surface area contributed by atoms with E-state index in [0.717, 1.165) is 42.5 Å². The van der Waals surface area contributed by atoms with Gasteiger partial charge in [0.2, 0.25) is 5.95 Å². The van der Waals surface area contributed by atoms with Crippen LogP contribution in [0.4, 0.5) is 5.95 Å². The van der Waals surface area contributed by atoms with E-state index in [9.17, 15) is 5.11 Å². The van der Waals surface area contributed by atoms with Crippen LogP contribution in [-0.4, -0.2) is 45.6 Å². The summed E-state index contributed by atoms with van der Waals surface area (Å²) in [6.07, 6.45) is 5.43. The van der Waals surface area contributed by atoms with Crippen LogP contribution in [-0.2, 0) is 11.2 Å². The molecule has 134 valence electrons. The molecule has 7 nitrogen and oxygen atoms in total. The lowest BCUT2D eigenvalue weighted by Gasteiger charge is -2.25. The molecule has 0 spiro atoms. The second-order valence-corrected chi connectivity index (χ2v) is 6.81. The Bertz CT molecular complexity index is 759. The van der Waals surface area contributed by atoms with E-state index in [1.165, 1.54) is 0 Å². The SMILES string of the molecule is COC[C@H](C)Nc1ncc2c(CC#N)cc([C@H]3CC[C@H](O)CC3)n2n1. The Morgan fingerprint density at radius 3 is 2.88 bits per heavy atom. The summed E-state index contributed by atoms with van der Waals surface area (Å²) in [5.74, 6) is 0.899. The lowest BCUT2D eigenvalue weighted by Crippen LogP contribution is -2.23. The van der Waals surface area contributed by atoms with Gasteiger partial charge in [0.15, 0.2) is 0 Å². The molecule has 0 radical (unpaired) electrons. The fourth-order valence-corrected chi connectivity index (χ4v) is 3.55. The highest BCUT2D eigenvalue weighted by Crippen LogP contribution is 2.34. The topological polar surface area (TPSA) is 95.5 Å². The molecule has 0 unspecified atom stereocenters. The molecule has 0 aromatic carbocycles. The lowest BCUT2D eigenvalue weighted by atomic mass is 9.85. The lowest BCUT2D eigenvalue weighted by molar-refractivity contribution is 0.121. The van der Waals surface area contributed by atoms with Crippen molar-refractivity contribution in [2.75, 3.05) is 19.0 Å². The third-order valence-electron chi connectivity index (χ3n) is 4.80. The highest BCUT2D eigenvalue weighted by molar-refractivity contribution is 5.57. The van der Waals surface area contributed by atoms with Gasteiger partial charge < -0.3 is 15.2 Å². The maximum absolute atomic E-state index is 9.77. The molecule has 2 heterocycles. The first kappa shape index (κ1) is 17.6. The molecule has 0 bridgehead atoms. The molecule has 1 fully saturated rings. The zero-order chi connectivity index (χ0) is 17.8. The summed E-state index contributed by atoms with van der Waals surface area (Å²) in [5.41, 5.74) is 2.95. The van der Waals surface area contributed by atoms with Crippen LogP contribution in [0.2, 0.25) is 0 Å². The average Bonchev–Trinajstić information content (AvgIpc) is 2.94. The molecule has 1 aliphatic rings. The van der Waals surface area contributed by atoms with Gasteiger partial charge in [-0.1, -0.05) is 0 Å². The molecule has 1 aliphatic carbocycles. The van der Waals surface area contributed by atoms with Gasteiger partial charge >= 0.3 is 0 Å². The van der Waals surface area contributed by atoms with E-state index in [4.69, 9.17) is 10.00 Å². The van der Waals surface area contributed by atoms with Crippen molar-refractivity contribution in [3.8, 4) is 6.07 Å². The number of methoxy groups -OCH3 is 1. The van der Waals surface area contributed by atoms with Crippen LogP contribution >= 0.6 is 0 Å². The predicted octanol–water partition coefficient (Wildman–Crippen LogP) is 2.26. The van der Waals surface area contributed by atoms with Crippen LogP contribution in [0.5, 0.6) is 0 Å². The molecule has 2 aromatic heterocycles. The van der Waals surface area contributed by atoms with Crippen molar-refractivity contribution in [3.63, 3.8) is 0 Å². The highest BCUT2D eigenvalue weighted by Gasteiger charge is 2.25. The van der Waals surface area contributed by atoms with Gasteiger partial charge in [0.25, 0.3) is 0 Å². The maximum atomic E-state index is 9.77. The van der Waals surface area contributed by atoms with Gasteiger partial charge in [0, 0.05) is 24.8 Å². The van der Waals surface area contributed by atoms with Gasteiger partial charge in [0.05, 0.1) is 36.9 Å². The van der Waals surface area contributed by atoms with Gasteiger partial charge in [-0.15, -0.1) is 5.10 Å². The van der Waals surface area contributed by atoms with E-state index in [1.54, 1.807) is 13.3 Å². The molecular weight excluding hydrogens is 318 g/mol. The maximum Gasteiger partial charge on any atom is 0.241 e. The smallest absolute Gasteiger partial charge is 0.241 e. The summed E-state index contributed by atoms with van der Waals surface area (Å²) in [6, 6.07) is 4.41. The van der Waals surface area contributed by atoms with Crippen LogP contribution in [0.3, 0.4) is 0 Å². The zero-order valence-electron chi connectivity index (χ0n) is 14.8. The zero-order valence-corrected chi connectivity index (χ0v) is 14.8. The molecule has 1 saturated carbocycles. The molecular formula is C18H25N5O2. The quantitative estimate of drug-likeness (QED) is 0.835. The molecule has 3 rings (SSSR count). The fourth-order valence-electron chi connectivity index (χ4n) is 3.55. The van der Waals surface area contributed by atoms with Crippen molar-refractivity contribution < 1.29 is 9.84 Å². The van der Waals surface area contributed by atoms with Crippen molar-refractivity contribution in [1.82, 2.24) is 14.6 Å². The molecule has 0 aliphatic heterocycles. The van der Waals surface area contributed by atoms with Gasteiger partial charge in [-0.25, -0.2) is 9.50 Å². The Kier molecular flexibility index (Phi) is 5.51. The number of fused-ring (bicyclic) bond motifs is 1. The first-order chi connectivity index (χ1) is 12.1. The molecule has 25 heavy (non-hydrogen) atoms. The number of hydrogen-bond donors (Lipinski definition) is 2. The minimum atomic E-state index is -0.192. The summed E-state index contributed by atoms with van der Waals surface area (Å²) < 4.78 is 7.06. The van der Waals surface area contributed by atoms with Crippen molar-refractivity contribution >= 4 is 11.5 Å². The standard InChI is InChI=1S/C18H25N5O2/c1-12(11-25-2)21-18-20-10-17-14(7-8-19)9-16(23(17)22-18)13-3-5-15(24)6-4-13/h9-10,12-13,15,24H,3-7,11H2,1-2H3,(H,21,22)/t12-,13-,15-/m0/s1. The van der Waals surface area contributed by atoms with Crippen molar-refractivity contribution in [1.29, 1.82) is 5.26 Å². The van der Waals surface area contributed by atoms with Gasteiger partial charge in [-0.05, 0) is 44.2 Å². The molecule has 2 N–H and O–H groups in total. The van der Waals surface area contributed by atoms with Gasteiger partial charge in [-0.2, -0.15) is 5.26 Å². The van der Waals surface area contributed by atoms with Crippen LogP contribution < -0.4 is 5.32 Å². The van der Waals surface area contributed by atoms with E-state index >= 15 is 0 Å².